The molecule has 1 aromatic heterocycles. The number of hydrogen-bond donors (Lipinski definition) is 1. The molecule has 0 unspecified atom stereocenters. The van der Waals surface area contributed by atoms with E-state index < -0.39 is 0 Å². The SMILES string of the molecule is CCOc1csc2c(C)ccc(N)c12. The Bertz CT molecular complexity index is 462. The molecule has 0 bridgehead atoms. The average Bonchev–Trinajstić information content (AvgIpc) is 2.58. The van der Waals surface area contributed by atoms with Crippen LogP contribution in [0, 0.1) is 6.92 Å². The monoisotopic (exact) mass is 207 g/mol. The van der Waals surface area contributed by atoms with Crippen LogP contribution in [0.2, 0.25) is 0 Å². The van der Waals surface area contributed by atoms with Gasteiger partial charge in [0.25, 0.3) is 0 Å². The molecular weight excluding hydrogens is 194 g/mol. The number of thiophene rings is 1. The highest BCUT2D eigenvalue weighted by molar-refractivity contribution is 7.17. The standard InChI is InChI=1S/C11H13NOS/c1-3-13-9-6-14-11-7(2)4-5-8(12)10(9)11/h4-6H,3,12H2,1-2H3. The maximum Gasteiger partial charge on any atom is 0.139 e. The van der Waals surface area contributed by atoms with E-state index in [1.54, 1.807) is 11.3 Å². The molecular formula is C11H13NOS. The minimum Gasteiger partial charge on any atom is -0.492 e. The van der Waals surface area contributed by atoms with Crippen LogP contribution in [0.25, 0.3) is 10.1 Å². The molecule has 2 N–H and O–H groups in total. The molecule has 0 radical (unpaired) electrons. The van der Waals surface area contributed by atoms with Gasteiger partial charge < -0.3 is 10.5 Å². The fourth-order valence-corrected chi connectivity index (χ4v) is 2.54. The van der Waals surface area contributed by atoms with Crippen molar-refractivity contribution in [2.75, 3.05) is 12.3 Å². The summed E-state index contributed by atoms with van der Waals surface area (Å²) in [7, 11) is 0. The lowest BCUT2D eigenvalue weighted by molar-refractivity contribution is 0.345. The summed E-state index contributed by atoms with van der Waals surface area (Å²) in [6, 6.07) is 3.98. The fourth-order valence-electron chi connectivity index (χ4n) is 1.54. The van der Waals surface area contributed by atoms with Gasteiger partial charge in [-0.25, -0.2) is 0 Å². The topological polar surface area (TPSA) is 35.2 Å². The number of nitrogens with two attached hydrogens (primary N) is 1. The van der Waals surface area contributed by atoms with Crippen molar-refractivity contribution in [2.24, 2.45) is 0 Å². The Morgan fingerprint density at radius 2 is 2.21 bits per heavy atom. The van der Waals surface area contributed by atoms with E-state index in [9.17, 15) is 0 Å². The number of hydrogen-bond acceptors (Lipinski definition) is 3. The van der Waals surface area contributed by atoms with Crippen LogP contribution >= 0.6 is 11.3 Å². The van der Waals surface area contributed by atoms with Crippen molar-refractivity contribution in [2.45, 2.75) is 13.8 Å². The van der Waals surface area contributed by atoms with Crippen LogP contribution in [-0.2, 0) is 0 Å². The first-order valence-corrected chi connectivity index (χ1v) is 5.51. The zero-order valence-electron chi connectivity index (χ0n) is 8.33. The molecule has 0 spiro atoms. The molecule has 0 saturated heterocycles. The van der Waals surface area contributed by atoms with E-state index in [1.165, 1.54) is 10.3 Å². The second-order valence-corrected chi connectivity index (χ2v) is 4.09. The highest BCUT2D eigenvalue weighted by atomic mass is 32.1. The predicted molar refractivity (Wildman–Crippen MR) is 62.1 cm³/mol. The van der Waals surface area contributed by atoms with Crippen LogP contribution < -0.4 is 10.5 Å². The van der Waals surface area contributed by atoms with E-state index in [1.807, 2.05) is 24.4 Å². The van der Waals surface area contributed by atoms with Crippen LogP contribution in [-0.4, -0.2) is 6.61 Å². The Labute approximate surface area is 87.3 Å². The van der Waals surface area contributed by atoms with E-state index in [-0.39, 0.29) is 0 Å². The highest BCUT2D eigenvalue weighted by Gasteiger charge is 2.09. The first kappa shape index (κ1) is 9.34. The number of nitrogen functional groups attached to an aromatic ring is 1. The van der Waals surface area contributed by atoms with Gasteiger partial charge in [-0.15, -0.1) is 11.3 Å². The van der Waals surface area contributed by atoms with Crippen molar-refractivity contribution in [3.63, 3.8) is 0 Å². The molecule has 3 heteroatoms. The second-order valence-electron chi connectivity index (χ2n) is 3.21. The molecule has 0 aliphatic rings. The third-order valence-electron chi connectivity index (χ3n) is 2.22. The average molecular weight is 207 g/mol. The minimum absolute atomic E-state index is 0.680. The van der Waals surface area contributed by atoms with Crippen molar-refractivity contribution in [1.82, 2.24) is 0 Å². The van der Waals surface area contributed by atoms with Crippen molar-refractivity contribution < 1.29 is 4.74 Å². The molecule has 0 saturated carbocycles. The van der Waals surface area contributed by atoms with Gasteiger partial charge in [0.2, 0.25) is 0 Å². The van der Waals surface area contributed by atoms with E-state index >= 15 is 0 Å². The van der Waals surface area contributed by atoms with Crippen LogP contribution in [0.4, 0.5) is 5.69 Å². The Kier molecular flexibility index (Phi) is 2.33. The predicted octanol–water partition coefficient (Wildman–Crippen LogP) is 3.19. The molecule has 1 aromatic carbocycles. The van der Waals surface area contributed by atoms with Gasteiger partial charge >= 0.3 is 0 Å². The number of fused-ring (bicyclic) bond motifs is 1. The van der Waals surface area contributed by atoms with Gasteiger partial charge in [-0.2, -0.15) is 0 Å². The van der Waals surface area contributed by atoms with Gasteiger partial charge in [0.1, 0.15) is 5.75 Å². The number of benzene rings is 1. The Morgan fingerprint density at radius 3 is 2.93 bits per heavy atom. The van der Waals surface area contributed by atoms with Gasteiger partial charge in [-0.1, -0.05) is 6.07 Å². The lowest BCUT2D eigenvalue weighted by Crippen LogP contribution is -1.92. The molecule has 0 amide bonds. The van der Waals surface area contributed by atoms with Gasteiger partial charge in [0.05, 0.1) is 12.0 Å². The quantitative estimate of drug-likeness (QED) is 0.767. The van der Waals surface area contributed by atoms with E-state index in [4.69, 9.17) is 10.5 Å². The molecule has 0 aliphatic heterocycles. The zero-order chi connectivity index (χ0) is 10.1. The summed E-state index contributed by atoms with van der Waals surface area (Å²) < 4.78 is 6.76. The summed E-state index contributed by atoms with van der Waals surface area (Å²) in [5.74, 6) is 0.911. The molecule has 74 valence electrons. The maximum atomic E-state index is 5.93. The lowest BCUT2D eigenvalue weighted by Gasteiger charge is -2.04. The molecule has 2 nitrogen and oxygen atoms in total. The van der Waals surface area contributed by atoms with Gasteiger partial charge in [-0.3, -0.25) is 0 Å². The first-order valence-electron chi connectivity index (χ1n) is 4.63. The lowest BCUT2D eigenvalue weighted by atomic mass is 10.1. The third-order valence-corrected chi connectivity index (χ3v) is 3.31. The highest BCUT2D eigenvalue weighted by Crippen LogP contribution is 2.38. The van der Waals surface area contributed by atoms with Crippen LogP contribution in [0.1, 0.15) is 12.5 Å². The number of aryl methyl sites for hydroxylation is 1. The molecule has 0 aliphatic carbocycles. The molecule has 2 aromatic rings. The molecule has 0 atom stereocenters. The maximum absolute atomic E-state index is 5.93. The van der Waals surface area contributed by atoms with Crippen molar-refractivity contribution in [3.05, 3.63) is 23.1 Å². The van der Waals surface area contributed by atoms with Gasteiger partial charge in [-0.05, 0) is 25.5 Å². The summed E-state index contributed by atoms with van der Waals surface area (Å²) in [6.45, 7) is 4.75. The van der Waals surface area contributed by atoms with Crippen molar-refractivity contribution in [1.29, 1.82) is 0 Å². The molecule has 14 heavy (non-hydrogen) atoms. The summed E-state index contributed by atoms with van der Waals surface area (Å²) in [5, 5.41) is 3.09. The largest absolute Gasteiger partial charge is 0.492 e. The van der Waals surface area contributed by atoms with Crippen molar-refractivity contribution in [3.8, 4) is 5.75 Å². The van der Waals surface area contributed by atoms with Crippen LogP contribution in [0.5, 0.6) is 5.75 Å². The van der Waals surface area contributed by atoms with Crippen molar-refractivity contribution >= 4 is 27.1 Å². The summed E-state index contributed by atoms with van der Waals surface area (Å²) in [5.41, 5.74) is 7.98. The van der Waals surface area contributed by atoms with Gasteiger partial charge in [0, 0.05) is 15.8 Å². The Morgan fingerprint density at radius 1 is 1.43 bits per heavy atom. The molecule has 1 heterocycles. The Hall–Kier alpha value is -1.22. The first-order chi connectivity index (χ1) is 6.74. The number of rotatable bonds is 2. The molecule has 0 fully saturated rings. The van der Waals surface area contributed by atoms with E-state index in [0.717, 1.165) is 16.8 Å². The molecule has 2 rings (SSSR count). The number of ether oxygens (including phenoxy) is 1. The smallest absolute Gasteiger partial charge is 0.139 e. The van der Waals surface area contributed by atoms with E-state index in [0.29, 0.717) is 6.61 Å². The van der Waals surface area contributed by atoms with E-state index in [2.05, 4.69) is 6.92 Å². The normalized spacial score (nSPS) is 10.7. The second kappa shape index (κ2) is 3.50. The van der Waals surface area contributed by atoms with Crippen LogP contribution in [0.3, 0.4) is 0 Å². The fraction of sp³-hybridized carbons (Fsp3) is 0.273. The summed E-state index contributed by atoms with van der Waals surface area (Å²) >= 11 is 1.69. The number of anilines is 1. The summed E-state index contributed by atoms with van der Waals surface area (Å²) in [6.07, 6.45) is 0. The van der Waals surface area contributed by atoms with Gasteiger partial charge in [0.15, 0.2) is 0 Å². The van der Waals surface area contributed by atoms with Crippen LogP contribution in [0.15, 0.2) is 17.5 Å². The summed E-state index contributed by atoms with van der Waals surface area (Å²) in [4.78, 5) is 0. The minimum atomic E-state index is 0.680. The zero-order valence-corrected chi connectivity index (χ0v) is 9.15. The Balaban J connectivity index is 2.70. The third kappa shape index (κ3) is 1.34.